The minimum atomic E-state index is -0.910. The third-order valence-corrected chi connectivity index (χ3v) is 2.11. The Hall–Kier alpha value is -1.77. The zero-order valence-corrected chi connectivity index (χ0v) is 8.97. The minimum Gasteiger partial charge on any atom is -0.478 e. The lowest BCUT2D eigenvalue weighted by molar-refractivity contribution is -0.131. The molecule has 0 saturated carbocycles. The van der Waals surface area contributed by atoms with E-state index in [1.54, 1.807) is 6.08 Å². The Morgan fingerprint density at radius 1 is 1.40 bits per heavy atom. The molecule has 1 aromatic rings. The van der Waals surface area contributed by atoms with Crippen LogP contribution >= 0.6 is 0 Å². The molecule has 0 atom stereocenters. The Kier molecular flexibility index (Phi) is 3.92. The summed E-state index contributed by atoms with van der Waals surface area (Å²) in [4.78, 5) is 12.2. The molecule has 0 heterocycles. The Morgan fingerprint density at radius 2 is 2.00 bits per heavy atom. The summed E-state index contributed by atoms with van der Waals surface area (Å²) in [6, 6.07) is 8.10. The molecule has 0 fully saturated rings. The molecule has 3 heteroatoms. The highest BCUT2D eigenvalue weighted by atomic mass is 16.4. The van der Waals surface area contributed by atoms with Crippen molar-refractivity contribution in [1.82, 2.24) is 0 Å². The predicted octanol–water partition coefficient (Wildman–Crippen LogP) is 2.07. The zero-order chi connectivity index (χ0) is 11.3. The standard InChI is InChI=1S/C12H15NO2/c1-10-5-7-11(8-6-10)13(2)9-3-4-12(14)15/h3-8H,9H2,1-2H3,(H,14,15)/b4-3+. The van der Waals surface area contributed by atoms with Crippen LogP contribution in [0, 0.1) is 6.92 Å². The Labute approximate surface area is 89.6 Å². The van der Waals surface area contributed by atoms with E-state index >= 15 is 0 Å². The molecule has 1 aromatic carbocycles. The van der Waals surface area contributed by atoms with Crippen molar-refractivity contribution in [3.8, 4) is 0 Å². The number of anilines is 1. The van der Waals surface area contributed by atoms with Gasteiger partial charge in [0, 0.05) is 25.4 Å². The van der Waals surface area contributed by atoms with Gasteiger partial charge in [0.05, 0.1) is 0 Å². The van der Waals surface area contributed by atoms with E-state index < -0.39 is 5.97 Å². The molecule has 80 valence electrons. The second-order valence-corrected chi connectivity index (χ2v) is 3.46. The van der Waals surface area contributed by atoms with E-state index in [4.69, 9.17) is 5.11 Å². The normalized spacial score (nSPS) is 10.5. The van der Waals surface area contributed by atoms with Gasteiger partial charge in [-0.2, -0.15) is 0 Å². The van der Waals surface area contributed by atoms with Crippen LogP contribution in [-0.2, 0) is 4.79 Å². The molecule has 0 amide bonds. The van der Waals surface area contributed by atoms with E-state index in [1.807, 2.05) is 43.1 Å². The zero-order valence-electron chi connectivity index (χ0n) is 8.97. The summed E-state index contributed by atoms with van der Waals surface area (Å²) < 4.78 is 0. The number of benzene rings is 1. The first kappa shape index (κ1) is 11.3. The van der Waals surface area contributed by atoms with Crippen LogP contribution < -0.4 is 4.90 Å². The lowest BCUT2D eigenvalue weighted by Gasteiger charge is -2.16. The maximum absolute atomic E-state index is 10.3. The van der Waals surface area contributed by atoms with Gasteiger partial charge in [0.2, 0.25) is 0 Å². The molecule has 0 aliphatic carbocycles. The average Bonchev–Trinajstić information content (AvgIpc) is 2.18. The molecule has 0 radical (unpaired) electrons. The molecule has 0 saturated heterocycles. The Balaban J connectivity index is 2.57. The fourth-order valence-corrected chi connectivity index (χ4v) is 1.22. The number of likely N-dealkylation sites (N-methyl/N-ethyl adjacent to an activating group) is 1. The summed E-state index contributed by atoms with van der Waals surface area (Å²) in [5.74, 6) is -0.910. The highest BCUT2D eigenvalue weighted by Gasteiger charge is 1.97. The van der Waals surface area contributed by atoms with Gasteiger partial charge in [0.15, 0.2) is 0 Å². The molecule has 1 N–H and O–H groups in total. The molecular weight excluding hydrogens is 190 g/mol. The van der Waals surface area contributed by atoms with E-state index in [9.17, 15) is 4.79 Å². The van der Waals surface area contributed by atoms with Crippen LogP contribution in [0.4, 0.5) is 5.69 Å². The van der Waals surface area contributed by atoms with Gasteiger partial charge >= 0.3 is 5.97 Å². The maximum Gasteiger partial charge on any atom is 0.328 e. The molecule has 0 spiro atoms. The number of nitrogens with zero attached hydrogens (tertiary/aromatic N) is 1. The van der Waals surface area contributed by atoms with Gasteiger partial charge in [-0.3, -0.25) is 0 Å². The van der Waals surface area contributed by atoms with Gasteiger partial charge in [-0.25, -0.2) is 4.79 Å². The summed E-state index contributed by atoms with van der Waals surface area (Å²) >= 11 is 0. The van der Waals surface area contributed by atoms with Crippen molar-refractivity contribution >= 4 is 11.7 Å². The average molecular weight is 205 g/mol. The van der Waals surface area contributed by atoms with Crippen LogP contribution in [0.2, 0.25) is 0 Å². The highest BCUT2D eigenvalue weighted by Crippen LogP contribution is 2.12. The van der Waals surface area contributed by atoms with Gasteiger partial charge < -0.3 is 10.0 Å². The van der Waals surface area contributed by atoms with Crippen LogP contribution in [-0.4, -0.2) is 24.7 Å². The lowest BCUT2D eigenvalue weighted by Crippen LogP contribution is -2.16. The van der Waals surface area contributed by atoms with Gasteiger partial charge in [0.25, 0.3) is 0 Å². The first-order valence-electron chi connectivity index (χ1n) is 4.77. The highest BCUT2D eigenvalue weighted by molar-refractivity contribution is 5.79. The Morgan fingerprint density at radius 3 is 2.53 bits per heavy atom. The first-order valence-corrected chi connectivity index (χ1v) is 4.77. The maximum atomic E-state index is 10.3. The monoisotopic (exact) mass is 205 g/mol. The van der Waals surface area contributed by atoms with Crippen molar-refractivity contribution in [2.75, 3.05) is 18.5 Å². The molecule has 1 rings (SSSR count). The predicted molar refractivity (Wildman–Crippen MR) is 61.2 cm³/mol. The smallest absolute Gasteiger partial charge is 0.328 e. The van der Waals surface area contributed by atoms with Crippen molar-refractivity contribution < 1.29 is 9.90 Å². The minimum absolute atomic E-state index is 0.593. The molecule has 0 aliphatic rings. The summed E-state index contributed by atoms with van der Waals surface area (Å²) in [6.45, 7) is 2.63. The second kappa shape index (κ2) is 5.20. The van der Waals surface area contributed by atoms with E-state index in [2.05, 4.69) is 0 Å². The number of carboxylic acid groups (broad SMARTS) is 1. The number of hydrogen-bond donors (Lipinski definition) is 1. The summed E-state index contributed by atoms with van der Waals surface area (Å²) in [7, 11) is 1.93. The van der Waals surface area contributed by atoms with E-state index in [0.29, 0.717) is 6.54 Å². The van der Waals surface area contributed by atoms with Crippen LogP contribution in [0.1, 0.15) is 5.56 Å². The topological polar surface area (TPSA) is 40.5 Å². The van der Waals surface area contributed by atoms with Gasteiger partial charge in [-0.05, 0) is 19.1 Å². The van der Waals surface area contributed by atoms with Gasteiger partial charge in [-0.15, -0.1) is 0 Å². The third-order valence-electron chi connectivity index (χ3n) is 2.11. The lowest BCUT2D eigenvalue weighted by atomic mass is 10.2. The van der Waals surface area contributed by atoms with E-state index in [-0.39, 0.29) is 0 Å². The summed E-state index contributed by atoms with van der Waals surface area (Å²) in [5, 5.41) is 8.43. The molecule has 0 bridgehead atoms. The van der Waals surface area contributed by atoms with E-state index in [1.165, 1.54) is 5.56 Å². The largest absolute Gasteiger partial charge is 0.478 e. The van der Waals surface area contributed by atoms with Crippen molar-refractivity contribution in [3.05, 3.63) is 42.0 Å². The number of rotatable bonds is 4. The fraction of sp³-hybridized carbons (Fsp3) is 0.250. The SMILES string of the molecule is Cc1ccc(N(C)C/C=C/C(=O)O)cc1. The van der Waals surface area contributed by atoms with Crippen molar-refractivity contribution in [2.24, 2.45) is 0 Å². The van der Waals surface area contributed by atoms with Crippen molar-refractivity contribution in [3.63, 3.8) is 0 Å². The van der Waals surface area contributed by atoms with Crippen LogP contribution in [0.5, 0.6) is 0 Å². The number of aliphatic carboxylic acids is 1. The number of hydrogen-bond acceptors (Lipinski definition) is 2. The molecule has 0 unspecified atom stereocenters. The molecular formula is C12H15NO2. The number of carbonyl (C=O) groups is 1. The van der Waals surface area contributed by atoms with E-state index in [0.717, 1.165) is 11.8 Å². The Bertz CT molecular complexity index is 354. The number of aryl methyl sites for hydroxylation is 1. The first-order chi connectivity index (χ1) is 7.09. The second-order valence-electron chi connectivity index (χ2n) is 3.46. The molecule has 0 aromatic heterocycles. The van der Waals surface area contributed by atoms with Crippen LogP contribution in [0.15, 0.2) is 36.4 Å². The fourth-order valence-electron chi connectivity index (χ4n) is 1.22. The molecule has 3 nitrogen and oxygen atoms in total. The molecule has 0 aliphatic heterocycles. The third kappa shape index (κ3) is 3.85. The molecule has 15 heavy (non-hydrogen) atoms. The van der Waals surface area contributed by atoms with Crippen molar-refractivity contribution in [2.45, 2.75) is 6.92 Å². The quantitative estimate of drug-likeness (QED) is 0.765. The summed E-state index contributed by atoms with van der Waals surface area (Å²) in [5.41, 5.74) is 2.30. The van der Waals surface area contributed by atoms with Crippen LogP contribution in [0.3, 0.4) is 0 Å². The van der Waals surface area contributed by atoms with Crippen molar-refractivity contribution in [1.29, 1.82) is 0 Å². The van der Waals surface area contributed by atoms with Gasteiger partial charge in [0.1, 0.15) is 0 Å². The number of carboxylic acids is 1. The van der Waals surface area contributed by atoms with Crippen LogP contribution in [0.25, 0.3) is 0 Å². The van der Waals surface area contributed by atoms with Gasteiger partial charge in [-0.1, -0.05) is 23.8 Å². The summed E-state index contributed by atoms with van der Waals surface area (Å²) in [6.07, 6.45) is 2.78.